The molecule has 0 bridgehead atoms. The van der Waals surface area contributed by atoms with Gasteiger partial charge in [-0.2, -0.15) is 0 Å². The van der Waals surface area contributed by atoms with Gasteiger partial charge in [0.05, 0.1) is 0 Å². The summed E-state index contributed by atoms with van der Waals surface area (Å²) in [6, 6.07) is 7.87. The number of esters is 1. The topological polar surface area (TPSA) is 102 Å². The van der Waals surface area contributed by atoms with Gasteiger partial charge in [-0.15, -0.1) is 11.3 Å². The number of hydrogen-bond donors (Lipinski definition) is 2. The smallest absolute Gasteiger partial charge is 0.359 e. The van der Waals surface area contributed by atoms with E-state index in [2.05, 4.69) is 15.6 Å². The third-order valence-electron chi connectivity index (χ3n) is 3.03. The molecule has 0 unspecified atom stereocenters. The molecule has 3 rings (SSSR count). The summed E-state index contributed by atoms with van der Waals surface area (Å²) in [7, 11) is 0. The van der Waals surface area contributed by atoms with Crippen LogP contribution in [-0.4, -0.2) is 33.9 Å². The Balaban J connectivity index is 1.53. The lowest BCUT2D eigenvalue weighted by Gasteiger charge is -2.07. The van der Waals surface area contributed by atoms with E-state index in [1.807, 2.05) is 0 Å². The van der Waals surface area contributed by atoms with Crippen molar-refractivity contribution in [1.82, 2.24) is 14.7 Å². The first-order chi connectivity index (χ1) is 12.0. The molecule has 10 heteroatoms. The van der Waals surface area contributed by atoms with Gasteiger partial charge in [-0.05, 0) is 12.1 Å². The number of benzene rings is 1. The molecule has 0 fully saturated rings. The molecule has 0 radical (unpaired) electrons. The van der Waals surface area contributed by atoms with Gasteiger partial charge in [0.25, 0.3) is 5.91 Å². The molecule has 3 aromatic rings. The number of fused-ring (bicyclic) bond motifs is 1. The van der Waals surface area contributed by atoms with E-state index in [1.54, 1.807) is 41.9 Å². The monoisotopic (exact) mass is 378 g/mol. The van der Waals surface area contributed by atoms with Gasteiger partial charge in [0.2, 0.25) is 0 Å². The van der Waals surface area contributed by atoms with E-state index in [0.717, 1.165) is 0 Å². The van der Waals surface area contributed by atoms with E-state index < -0.39 is 24.5 Å². The standard InChI is InChI=1S/C15H11ClN4O4S/c16-12-11(20-6-7-25-15(20)19-12)13(22)24-8-10(21)18-14(23)17-9-4-2-1-3-5-9/h1-7H,8H2,(H2,17,18,21,23). The first kappa shape index (κ1) is 16.9. The molecule has 0 aliphatic heterocycles. The number of ether oxygens (including phenoxy) is 1. The Labute approximate surface area is 150 Å². The van der Waals surface area contributed by atoms with Crippen molar-refractivity contribution >= 4 is 51.5 Å². The average Bonchev–Trinajstić information content (AvgIpc) is 3.13. The largest absolute Gasteiger partial charge is 0.451 e. The number of rotatable bonds is 4. The predicted octanol–water partition coefficient (Wildman–Crippen LogP) is 2.55. The van der Waals surface area contributed by atoms with Gasteiger partial charge in [0, 0.05) is 17.3 Å². The van der Waals surface area contributed by atoms with Gasteiger partial charge in [0.1, 0.15) is 0 Å². The molecule has 0 aliphatic carbocycles. The molecular formula is C15H11ClN4O4S. The highest BCUT2D eigenvalue weighted by atomic mass is 35.5. The zero-order valence-corrected chi connectivity index (χ0v) is 14.1. The Morgan fingerprint density at radius 3 is 2.76 bits per heavy atom. The normalized spacial score (nSPS) is 10.4. The fourth-order valence-corrected chi connectivity index (χ4v) is 3.00. The lowest BCUT2D eigenvalue weighted by atomic mass is 10.3. The molecule has 3 amide bonds. The van der Waals surface area contributed by atoms with Crippen LogP contribution < -0.4 is 10.6 Å². The van der Waals surface area contributed by atoms with Crippen molar-refractivity contribution < 1.29 is 19.1 Å². The molecule has 0 spiro atoms. The number of carbonyl (C=O) groups excluding carboxylic acids is 3. The molecule has 0 aliphatic rings. The quantitative estimate of drug-likeness (QED) is 0.679. The Hall–Kier alpha value is -2.91. The van der Waals surface area contributed by atoms with Gasteiger partial charge in [-0.3, -0.25) is 14.5 Å². The number of urea groups is 1. The zero-order chi connectivity index (χ0) is 17.8. The van der Waals surface area contributed by atoms with Gasteiger partial charge < -0.3 is 10.1 Å². The fourth-order valence-electron chi connectivity index (χ4n) is 1.99. The maximum atomic E-state index is 12.1. The fraction of sp³-hybridized carbons (Fsp3) is 0.0667. The van der Waals surface area contributed by atoms with Crippen LogP contribution in [0.3, 0.4) is 0 Å². The summed E-state index contributed by atoms with van der Waals surface area (Å²) < 4.78 is 6.35. The van der Waals surface area contributed by atoms with Crippen molar-refractivity contribution in [3.05, 3.63) is 52.8 Å². The summed E-state index contributed by atoms with van der Waals surface area (Å²) >= 11 is 7.20. The minimum Gasteiger partial charge on any atom is -0.451 e. The van der Waals surface area contributed by atoms with Crippen molar-refractivity contribution in [1.29, 1.82) is 0 Å². The Morgan fingerprint density at radius 2 is 2.00 bits per heavy atom. The van der Waals surface area contributed by atoms with Crippen molar-refractivity contribution in [2.75, 3.05) is 11.9 Å². The van der Waals surface area contributed by atoms with Crippen LogP contribution in [0, 0.1) is 0 Å². The molecule has 8 nitrogen and oxygen atoms in total. The predicted molar refractivity (Wildman–Crippen MR) is 92.0 cm³/mol. The van der Waals surface area contributed by atoms with Gasteiger partial charge in [-0.1, -0.05) is 29.8 Å². The van der Waals surface area contributed by atoms with Crippen LogP contribution in [0.1, 0.15) is 10.5 Å². The van der Waals surface area contributed by atoms with E-state index in [4.69, 9.17) is 16.3 Å². The van der Waals surface area contributed by atoms with Crippen LogP contribution in [0.5, 0.6) is 0 Å². The van der Waals surface area contributed by atoms with Crippen LogP contribution in [-0.2, 0) is 9.53 Å². The van der Waals surface area contributed by atoms with E-state index >= 15 is 0 Å². The SMILES string of the molecule is O=C(COC(=O)c1c(Cl)nc2sccn12)NC(=O)Nc1ccccc1. The van der Waals surface area contributed by atoms with E-state index in [9.17, 15) is 14.4 Å². The molecular weight excluding hydrogens is 368 g/mol. The second-order valence-electron chi connectivity index (χ2n) is 4.75. The number of imidazole rings is 1. The highest BCUT2D eigenvalue weighted by Crippen LogP contribution is 2.21. The van der Waals surface area contributed by atoms with Crippen LogP contribution >= 0.6 is 22.9 Å². The second-order valence-corrected chi connectivity index (χ2v) is 5.98. The highest BCUT2D eigenvalue weighted by Gasteiger charge is 2.21. The van der Waals surface area contributed by atoms with Gasteiger partial charge in [0.15, 0.2) is 22.4 Å². The molecule has 2 aromatic heterocycles. The number of halogens is 1. The summed E-state index contributed by atoms with van der Waals surface area (Å²) in [5.74, 6) is -1.58. The summed E-state index contributed by atoms with van der Waals surface area (Å²) in [6.45, 7) is -0.630. The molecule has 25 heavy (non-hydrogen) atoms. The molecule has 1 aromatic carbocycles. The first-order valence-electron chi connectivity index (χ1n) is 6.98. The van der Waals surface area contributed by atoms with Crippen LogP contribution in [0.15, 0.2) is 41.9 Å². The van der Waals surface area contributed by atoms with Crippen molar-refractivity contribution in [3.8, 4) is 0 Å². The van der Waals surface area contributed by atoms with E-state index in [-0.39, 0.29) is 10.8 Å². The molecule has 0 saturated carbocycles. The average molecular weight is 379 g/mol. The molecule has 128 valence electrons. The summed E-state index contributed by atoms with van der Waals surface area (Å²) in [6.07, 6.45) is 1.61. The second kappa shape index (κ2) is 7.32. The number of para-hydroxylation sites is 1. The molecule has 0 saturated heterocycles. The summed E-state index contributed by atoms with van der Waals surface area (Å²) in [5, 5.41) is 6.25. The van der Waals surface area contributed by atoms with Crippen LogP contribution in [0.4, 0.5) is 10.5 Å². The zero-order valence-electron chi connectivity index (χ0n) is 12.6. The van der Waals surface area contributed by atoms with Gasteiger partial charge >= 0.3 is 12.0 Å². The maximum Gasteiger partial charge on any atom is 0.359 e. The molecule has 2 heterocycles. The third-order valence-corrected chi connectivity index (χ3v) is 4.05. The van der Waals surface area contributed by atoms with Crippen molar-refractivity contribution in [2.45, 2.75) is 0 Å². The minimum absolute atomic E-state index is 0.0147. The van der Waals surface area contributed by atoms with Crippen LogP contribution in [0.25, 0.3) is 4.96 Å². The minimum atomic E-state index is -0.811. The lowest BCUT2D eigenvalue weighted by Crippen LogP contribution is -2.37. The number of amides is 3. The van der Waals surface area contributed by atoms with E-state index in [0.29, 0.717) is 10.6 Å². The number of aromatic nitrogens is 2. The summed E-state index contributed by atoms with van der Waals surface area (Å²) in [4.78, 5) is 40.0. The molecule has 0 atom stereocenters. The maximum absolute atomic E-state index is 12.1. The Kier molecular flexibility index (Phi) is 4.96. The Morgan fingerprint density at radius 1 is 1.24 bits per heavy atom. The number of hydrogen-bond acceptors (Lipinski definition) is 6. The van der Waals surface area contributed by atoms with Crippen molar-refractivity contribution in [2.24, 2.45) is 0 Å². The number of thiazole rings is 1. The first-order valence-corrected chi connectivity index (χ1v) is 8.24. The van der Waals surface area contributed by atoms with Gasteiger partial charge in [-0.25, -0.2) is 14.6 Å². The summed E-state index contributed by atoms with van der Waals surface area (Å²) in [5.41, 5.74) is 0.551. The lowest BCUT2D eigenvalue weighted by molar-refractivity contribution is -0.123. The van der Waals surface area contributed by atoms with E-state index in [1.165, 1.54) is 15.7 Å². The number of nitrogens with zero attached hydrogens (tertiary/aromatic N) is 2. The number of nitrogens with one attached hydrogen (secondary N) is 2. The van der Waals surface area contributed by atoms with Crippen molar-refractivity contribution in [3.63, 3.8) is 0 Å². The number of imide groups is 1. The van der Waals surface area contributed by atoms with Crippen LogP contribution in [0.2, 0.25) is 5.15 Å². The third kappa shape index (κ3) is 3.95. The Bertz CT molecular complexity index is 938. The number of anilines is 1. The number of carbonyl (C=O) groups is 3. The highest BCUT2D eigenvalue weighted by molar-refractivity contribution is 7.15. The molecule has 2 N–H and O–H groups in total.